The summed E-state index contributed by atoms with van der Waals surface area (Å²) < 4.78 is 88.9. The molecule has 1 aliphatic rings. The van der Waals surface area contributed by atoms with Gasteiger partial charge in [0.1, 0.15) is 11.9 Å². The third-order valence-corrected chi connectivity index (χ3v) is 7.75. The number of nitrogens with zero attached hydrogens (tertiary/aromatic N) is 1. The number of halogens is 6. The van der Waals surface area contributed by atoms with Crippen LogP contribution in [0.3, 0.4) is 0 Å². The van der Waals surface area contributed by atoms with E-state index in [1.54, 1.807) is 31.2 Å². The van der Waals surface area contributed by atoms with E-state index in [1.807, 2.05) is 23.1 Å². The van der Waals surface area contributed by atoms with Crippen LogP contribution in [0.4, 0.5) is 26.3 Å². The van der Waals surface area contributed by atoms with Gasteiger partial charge < -0.3 is 26.6 Å². The Morgan fingerprint density at radius 1 is 0.961 bits per heavy atom. The van der Waals surface area contributed by atoms with E-state index in [4.69, 9.17) is 30.9 Å². The molecule has 1 saturated heterocycles. The Morgan fingerprint density at radius 2 is 1.47 bits per heavy atom. The fourth-order valence-electron chi connectivity index (χ4n) is 4.48. The maximum Gasteiger partial charge on any atom is 0.490 e. The van der Waals surface area contributed by atoms with Crippen LogP contribution in [0.15, 0.2) is 54.6 Å². The topological polar surface area (TPSA) is 232 Å². The van der Waals surface area contributed by atoms with Crippen molar-refractivity contribution in [2.24, 2.45) is 5.73 Å². The summed E-state index contributed by atoms with van der Waals surface area (Å²) in [5.74, 6) is -5.92. The number of benzene rings is 2. The van der Waals surface area contributed by atoms with E-state index in [0.29, 0.717) is 25.1 Å². The second-order valence-electron chi connectivity index (χ2n) is 11.0. The molecule has 0 aliphatic carbocycles. The van der Waals surface area contributed by atoms with Gasteiger partial charge in [-0.1, -0.05) is 54.6 Å². The van der Waals surface area contributed by atoms with Crippen LogP contribution >= 0.6 is 0 Å². The SMILES string of the molecule is CC(NC(=O)[C@H]1C[C@@H](c2ccccc2)CCN1CCNS(C)(=O)=O)C(=O)NCc1ccc(C(=N)N)cc1.O=C(O)C(F)(F)F.O=C(O)C(F)(F)F. The molecule has 0 saturated carbocycles. The van der Waals surface area contributed by atoms with Crippen molar-refractivity contribution in [3.8, 4) is 0 Å². The largest absolute Gasteiger partial charge is 0.490 e. The molecule has 1 aliphatic heterocycles. The molecular formula is C30H38F6N6O8S. The van der Waals surface area contributed by atoms with Crippen molar-refractivity contribution in [3.63, 3.8) is 0 Å². The lowest BCUT2D eigenvalue weighted by Gasteiger charge is -2.39. The van der Waals surface area contributed by atoms with Crippen molar-refractivity contribution in [2.45, 2.75) is 56.7 Å². The van der Waals surface area contributed by atoms with Gasteiger partial charge in [-0.3, -0.25) is 19.9 Å². The maximum absolute atomic E-state index is 13.3. The number of carbonyl (C=O) groups excluding carboxylic acids is 2. The lowest BCUT2D eigenvalue weighted by molar-refractivity contribution is -0.193. The average Bonchev–Trinajstić information content (AvgIpc) is 3.03. The number of hydrogen-bond donors (Lipinski definition) is 7. The first-order valence-electron chi connectivity index (χ1n) is 14.8. The summed E-state index contributed by atoms with van der Waals surface area (Å²) in [6.45, 7) is 3.15. The minimum absolute atomic E-state index is 0.0229. The average molecular weight is 757 g/mol. The third-order valence-electron chi connectivity index (χ3n) is 7.02. The lowest BCUT2D eigenvalue weighted by atomic mass is 9.85. The quantitative estimate of drug-likeness (QED) is 0.100. The molecule has 14 nitrogen and oxygen atoms in total. The molecule has 0 spiro atoms. The van der Waals surface area contributed by atoms with Gasteiger partial charge in [-0.2, -0.15) is 26.3 Å². The van der Waals surface area contributed by atoms with Gasteiger partial charge in [0.2, 0.25) is 21.8 Å². The van der Waals surface area contributed by atoms with Gasteiger partial charge in [0.05, 0.1) is 12.3 Å². The summed E-state index contributed by atoms with van der Waals surface area (Å²) in [6, 6.07) is 15.8. The van der Waals surface area contributed by atoms with E-state index < -0.39 is 46.4 Å². The molecule has 1 unspecified atom stereocenters. The number of nitrogen functional groups attached to an aromatic ring is 1. The summed E-state index contributed by atoms with van der Waals surface area (Å²) in [5.41, 5.74) is 8.08. The van der Waals surface area contributed by atoms with Crippen LogP contribution < -0.4 is 21.1 Å². The number of sulfonamides is 1. The smallest absolute Gasteiger partial charge is 0.475 e. The van der Waals surface area contributed by atoms with E-state index in [1.165, 1.54) is 0 Å². The second-order valence-corrected chi connectivity index (χ2v) is 12.8. The number of aliphatic carboxylic acids is 2. The molecule has 2 aromatic rings. The Kier molecular flexibility index (Phi) is 17.0. The minimum Gasteiger partial charge on any atom is -0.475 e. The summed E-state index contributed by atoms with van der Waals surface area (Å²) in [6.07, 6.45) is -7.63. The maximum atomic E-state index is 13.3. The van der Waals surface area contributed by atoms with Crippen LogP contribution in [0.2, 0.25) is 0 Å². The molecule has 21 heteroatoms. The molecule has 2 aromatic carbocycles. The highest BCUT2D eigenvalue weighted by atomic mass is 32.2. The molecule has 0 bridgehead atoms. The van der Waals surface area contributed by atoms with E-state index in [-0.39, 0.29) is 36.7 Å². The molecular weight excluding hydrogens is 718 g/mol. The Morgan fingerprint density at radius 3 is 1.92 bits per heavy atom. The first-order chi connectivity index (χ1) is 23.4. The van der Waals surface area contributed by atoms with Crippen molar-refractivity contribution >= 4 is 39.6 Å². The first-order valence-corrected chi connectivity index (χ1v) is 16.7. The van der Waals surface area contributed by atoms with E-state index in [2.05, 4.69) is 27.5 Å². The van der Waals surface area contributed by atoms with E-state index in [0.717, 1.165) is 23.8 Å². The lowest BCUT2D eigenvalue weighted by Crippen LogP contribution is -2.56. The number of amides is 2. The van der Waals surface area contributed by atoms with Gasteiger partial charge >= 0.3 is 24.3 Å². The van der Waals surface area contributed by atoms with Crippen molar-refractivity contribution in [1.82, 2.24) is 20.3 Å². The molecule has 0 aromatic heterocycles. The van der Waals surface area contributed by atoms with E-state index >= 15 is 0 Å². The van der Waals surface area contributed by atoms with Crippen LogP contribution in [0.1, 0.15) is 42.4 Å². The van der Waals surface area contributed by atoms with Crippen molar-refractivity contribution < 1.29 is 64.2 Å². The number of nitrogens with one attached hydrogen (secondary N) is 4. The molecule has 2 amide bonds. The fourth-order valence-corrected chi connectivity index (χ4v) is 4.94. The van der Waals surface area contributed by atoms with Crippen molar-refractivity contribution in [1.29, 1.82) is 5.41 Å². The van der Waals surface area contributed by atoms with Gasteiger partial charge in [-0.25, -0.2) is 22.7 Å². The Hall–Kier alpha value is -4.76. The number of carboxylic acids is 2. The van der Waals surface area contributed by atoms with Gasteiger partial charge in [0.25, 0.3) is 0 Å². The highest BCUT2D eigenvalue weighted by molar-refractivity contribution is 7.88. The minimum atomic E-state index is -5.08. The molecule has 0 radical (unpaired) electrons. The molecule has 8 N–H and O–H groups in total. The standard InChI is InChI=1S/C26H36N6O4S.2C2HF3O2/c1-18(25(33)29-17-19-8-10-21(11-9-19)24(27)28)31-26(34)23-16-22(20-6-4-3-5-7-20)12-14-32(23)15-13-30-37(2,35)36;2*3-2(4,5)1(6)7/h3-11,18,22-23,30H,12-17H2,1-2H3,(H3,27,28)(H,29,33)(H,31,34);2*(H,6,7)/t18?,22-,23+;;/m0../s1. The van der Waals surface area contributed by atoms with Crippen molar-refractivity contribution in [2.75, 3.05) is 25.9 Å². The van der Waals surface area contributed by atoms with Crippen LogP contribution in [0, 0.1) is 5.41 Å². The first kappa shape index (κ1) is 44.3. The number of carbonyl (C=O) groups is 4. The fraction of sp³-hybridized carbons (Fsp3) is 0.433. The van der Waals surface area contributed by atoms with E-state index in [9.17, 15) is 44.3 Å². The summed E-state index contributed by atoms with van der Waals surface area (Å²) in [5, 5.41) is 27.4. The summed E-state index contributed by atoms with van der Waals surface area (Å²) in [4.78, 5) is 45.8. The van der Waals surface area contributed by atoms with Crippen molar-refractivity contribution in [3.05, 3.63) is 71.3 Å². The molecule has 3 atom stereocenters. The zero-order chi connectivity index (χ0) is 39.2. The van der Waals surface area contributed by atoms with Gasteiger partial charge in [0, 0.05) is 25.2 Å². The zero-order valence-electron chi connectivity index (χ0n) is 27.2. The van der Waals surface area contributed by atoms with Gasteiger partial charge in [0.15, 0.2) is 0 Å². The van der Waals surface area contributed by atoms with Gasteiger partial charge in [-0.05, 0) is 43.4 Å². The number of nitrogens with two attached hydrogens (primary N) is 1. The molecule has 51 heavy (non-hydrogen) atoms. The zero-order valence-corrected chi connectivity index (χ0v) is 28.0. The number of likely N-dealkylation sites (tertiary alicyclic amines) is 1. The van der Waals surface area contributed by atoms with Crippen LogP contribution in [-0.2, 0) is 35.7 Å². The number of piperidine rings is 1. The van der Waals surface area contributed by atoms with Crippen LogP contribution in [0.5, 0.6) is 0 Å². The third kappa shape index (κ3) is 17.1. The predicted molar refractivity (Wildman–Crippen MR) is 171 cm³/mol. The number of hydrogen-bond acceptors (Lipinski definition) is 8. The highest BCUT2D eigenvalue weighted by Crippen LogP contribution is 2.31. The highest BCUT2D eigenvalue weighted by Gasteiger charge is 2.39. The Labute approximate surface area is 288 Å². The Bertz CT molecular complexity index is 1570. The molecule has 1 heterocycles. The molecule has 3 rings (SSSR count). The summed E-state index contributed by atoms with van der Waals surface area (Å²) >= 11 is 0. The predicted octanol–water partition coefficient (Wildman–Crippen LogP) is 2.16. The number of carboxylic acid groups (broad SMARTS) is 2. The summed E-state index contributed by atoms with van der Waals surface area (Å²) in [7, 11) is -3.33. The van der Waals surface area contributed by atoms with Gasteiger partial charge in [-0.15, -0.1) is 0 Å². The number of rotatable bonds is 11. The molecule has 284 valence electrons. The monoisotopic (exact) mass is 756 g/mol. The normalized spacial score (nSPS) is 16.9. The molecule has 1 fully saturated rings. The number of amidine groups is 1. The van der Waals surface area contributed by atoms with Crippen LogP contribution in [-0.4, -0.2) is 103 Å². The number of alkyl halides is 6. The Balaban J connectivity index is 0.000000780. The van der Waals surface area contributed by atoms with Crippen LogP contribution in [0.25, 0.3) is 0 Å². The second kappa shape index (κ2) is 19.6.